The number of rotatable bonds is 6. The van der Waals surface area contributed by atoms with E-state index in [1.165, 1.54) is 6.07 Å². The molecule has 10 heteroatoms. The smallest absolute Gasteiger partial charge is 0.408 e. The van der Waals surface area contributed by atoms with Gasteiger partial charge in [0.15, 0.2) is 0 Å². The normalized spacial score (nSPS) is 12.6. The Morgan fingerprint density at radius 2 is 2.12 bits per heavy atom. The van der Waals surface area contributed by atoms with Crippen LogP contribution in [0.2, 0.25) is 0 Å². The summed E-state index contributed by atoms with van der Waals surface area (Å²) in [4.78, 5) is 37.2. The van der Waals surface area contributed by atoms with Crippen LogP contribution in [-0.2, 0) is 9.53 Å². The van der Waals surface area contributed by atoms with Gasteiger partial charge in [-0.05, 0) is 32.9 Å². The van der Waals surface area contributed by atoms with E-state index in [1.807, 2.05) is 0 Å². The third kappa shape index (κ3) is 5.12. The van der Waals surface area contributed by atoms with Crippen molar-refractivity contribution in [1.82, 2.24) is 10.3 Å². The largest absolute Gasteiger partial charge is 0.480 e. The van der Waals surface area contributed by atoms with Gasteiger partial charge in [-0.25, -0.2) is 9.59 Å². The van der Waals surface area contributed by atoms with Crippen LogP contribution < -0.4 is 5.32 Å². The number of carbonyl (C=O) groups excluding carboxylic acids is 1. The SMILES string of the molecule is CC(C)(C)OC(=O)N[C@@H](CSc1cc2[nH]ccc2cc1[N+](=O)[O-])C(=O)O. The fourth-order valence-electron chi connectivity index (χ4n) is 2.12. The van der Waals surface area contributed by atoms with Crippen molar-refractivity contribution in [2.45, 2.75) is 37.3 Å². The molecule has 0 aliphatic carbocycles. The number of carbonyl (C=O) groups is 2. The van der Waals surface area contributed by atoms with E-state index in [2.05, 4.69) is 10.3 Å². The minimum absolute atomic E-state index is 0.0956. The number of nitro groups is 1. The van der Waals surface area contributed by atoms with Gasteiger partial charge in [0.05, 0.1) is 9.82 Å². The summed E-state index contributed by atoms with van der Waals surface area (Å²) in [6.07, 6.45) is 0.798. The topological polar surface area (TPSA) is 135 Å². The summed E-state index contributed by atoms with van der Waals surface area (Å²) in [6, 6.07) is 3.46. The molecule has 2 rings (SSSR count). The lowest BCUT2D eigenvalue weighted by atomic mass is 10.2. The monoisotopic (exact) mass is 381 g/mol. The van der Waals surface area contributed by atoms with E-state index < -0.39 is 28.6 Å². The zero-order valence-corrected chi connectivity index (χ0v) is 15.3. The zero-order valence-electron chi connectivity index (χ0n) is 14.4. The lowest BCUT2D eigenvalue weighted by Crippen LogP contribution is -2.44. The number of aliphatic carboxylic acids is 1. The van der Waals surface area contributed by atoms with Crippen molar-refractivity contribution >= 4 is 40.4 Å². The molecule has 0 spiro atoms. The van der Waals surface area contributed by atoms with Gasteiger partial charge < -0.3 is 20.1 Å². The Bertz CT molecular complexity index is 842. The Morgan fingerprint density at radius 3 is 2.69 bits per heavy atom. The van der Waals surface area contributed by atoms with Gasteiger partial charge in [0.2, 0.25) is 0 Å². The van der Waals surface area contributed by atoms with Crippen LogP contribution in [0.25, 0.3) is 10.9 Å². The zero-order chi connectivity index (χ0) is 19.5. The number of carboxylic acids is 1. The van der Waals surface area contributed by atoms with E-state index in [4.69, 9.17) is 4.74 Å². The van der Waals surface area contributed by atoms with E-state index in [0.717, 1.165) is 11.8 Å². The van der Waals surface area contributed by atoms with Crippen LogP contribution in [0.1, 0.15) is 20.8 Å². The molecule has 9 nitrogen and oxygen atoms in total. The van der Waals surface area contributed by atoms with Crippen LogP contribution in [0.4, 0.5) is 10.5 Å². The molecular formula is C16H19N3O6S. The molecule has 1 heterocycles. The average Bonchev–Trinajstić information content (AvgIpc) is 2.95. The number of nitrogens with zero attached hydrogens (tertiary/aromatic N) is 1. The number of aromatic nitrogens is 1. The molecule has 0 radical (unpaired) electrons. The van der Waals surface area contributed by atoms with Crippen molar-refractivity contribution in [3.8, 4) is 0 Å². The number of nitrogens with one attached hydrogen (secondary N) is 2. The Kier molecular flexibility index (Phi) is 5.76. The van der Waals surface area contributed by atoms with Crippen molar-refractivity contribution < 1.29 is 24.4 Å². The number of carboxylic acid groups (broad SMARTS) is 1. The molecule has 1 aromatic heterocycles. The highest BCUT2D eigenvalue weighted by atomic mass is 32.2. The number of hydrogen-bond donors (Lipinski definition) is 3. The molecule has 0 saturated carbocycles. The number of fused-ring (bicyclic) bond motifs is 1. The van der Waals surface area contributed by atoms with Gasteiger partial charge in [-0.3, -0.25) is 10.1 Å². The van der Waals surface area contributed by atoms with Crippen LogP contribution in [0.5, 0.6) is 0 Å². The van der Waals surface area contributed by atoms with Gasteiger partial charge in [-0.1, -0.05) is 0 Å². The van der Waals surface area contributed by atoms with Crippen LogP contribution in [0, 0.1) is 10.1 Å². The number of thioether (sulfide) groups is 1. The average molecular weight is 381 g/mol. The summed E-state index contributed by atoms with van der Waals surface area (Å²) in [5, 5.41) is 23.5. The molecule has 140 valence electrons. The van der Waals surface area contributed by atoms with Crippen molar-refractivity contribution in [1.29, 1.82) is 0 Å². The molecule has 1 aromatic carbocycles. The highest BCUT2D eigenvalue weighted by Gasteiger charge is 2.25. The Balaban J connectivity index is 2.14. The second-order valence-corrected chi connectivity index (χ2v) is 7.55. The highest BCUT2D eigenvalue weighted by molar-refractivity contribution is 7.99. The molecule has 0 unspecified atom stereocenters. The molecule has 1 amide bonds. The van der Waals surface area contributed by atoms with Crippen molar-refractivity contribution in [3.05, 3.63) is 34.5 Å². The number of amides is 1. The molecule has 0 fully saturated rings. The van der Waals surface area contributed by atoms with Gasteiger partial charge in [0.25, 0.3) is 5.69 Å². The number of hydrogen-bond acceptors (Lipinski definition) is 6. The minimum Gasteiger partial charge on any atom is -0.480 e. The second-order valence-electron chi connectivity index (χ2n) is 6.49. The van der Waals surface area contributed by atoms with Crippen LogP contribution in [0.3, 0.4) is 0 Å². The minimum atomic E-state index is -1.26. The number of nitro benzene ring substituents is 1. The summed E-state index contributed by atoms with van der Waals surface area (Å²) < 4.78 is 5.04. The Hall–Kier alpha value is -2.75. The third-order valence-corrected chi connectivity index (χ3v) is 4.36. The van der Waals surface area contributed by atoms with Crippen molar-refractivity contribution in [2.24, 2.45) is 0 Å². The molecular weight excluding hydrogens is 362 g/mol. The maximum Gasteiger partial charge on any atom is 0.408 e. The third-order valence-electron chi connectivity index (χ3n) is 3.22. The fourth-order valence-corrected chi connectivity index (χ4v) is 3.18. The standard InChI is InChI=1S/C16H19N3O6S/c1-16(2,3)25-15(22)18-11(14(20)21)8-26-13-7-10-9(4-5-17-10)6-12(13)19(23)24/h4-7,11,17H,8H2,1-3H3,(H,18,22)(H,20,21)/t11-/m0/s1. The van der Waals surface area contributed by atoms with E-state index in [1.54, 1.807) is 39.1 Å². The number of H-pyrrole nitrogens is 1. The van der Waals surface area contributed by atoms with Gasteiger partial charge in [-0.15, -0.1) is 11.8 Å². The van der Waals surface area contributed by atoms with Crippen LogP contribution >= 0.6 is 11.8 Å². The number of alkyl carbamates (subject to hydrolysis) is 1. The lowest BCUT2D eigenvalue weighted by Gasteiger charge is -2.21. The molecule has 0 aliphatic rings. The predicted octanol–water partition coefficient (Wildman–Crippen LogP) is 3.15. The summed E-state index contributed by atoms with van der Waals surface area (Å²) in [6.45, 7) is 4.98. The fraction of sp³-hybridized carbons (Fsp3) is 0.375. The Morgan fingerprint density at radius 1 is 1.42 bits per heavy atom. The molecule has 1 atom stereocenters. The summed E-state index contributed by atoms with van der Waals surface area (Å²) in [5.41, 5.74) is -0.189. The molecule has 0 bridgehead atoms. The summed E-state index contributed by atoms with van der Waals surface area (Å²) in [7, 11) is 0. The Labute approximate surface area is 153 Å². The predicted molar refractivity (Wildman–Crippen MR) is 96.5 cm³/mol. The lowest BCUT2D eigenvalue weighted by molar-refractivity contribution is -0.387. The summed E-state index contributed by atoms with van der Waals surface area (Å²) in [5.74, 6) is -1.35. The number of aromatic amines is 1. The van der Waals surface area contributed by atoms with Crippen LogP contribution in [0.15, 0.2) is 29.3 Å². The maximum atomic E-state index is 11.8. The van der Waals surface area contributed by atoms with E-state index in [9.17, 15) is 24.8 Å². The number of ether oxygens (including phenoxy) is 1. The highest BCUT2D eigenvalue weighted by Crippen LogP contribution is 2.33. The van der Waals surface area contributed by atoms with Gasteiger partial charge in [0, 0.05) is 28.9 Å². The van der Waals surface area contributed by atoms with Gasteiger partial charge in [0.1, 0.15) is 11.6 Å². The first kappa shape index (κ1) is 19.6. The second kappa shape index (κ2) is 7.65. The molecule has 0 saturated heterocycles. The van der Waals surface area contributed by atoms with Gasteiger partial charge in [-0.2, -0.15) is 0 Å². The maximum absolute atomic E-state index is 11.8. The summed E-state index contributed by atoms with van der Waals surface area (Å²) >= 11 is 0.977. The molecule has 2 aromatic rings. The van der Waals surface area contributed by atoms with E-state index in [0.29, 0.717) is 15.8 Å². The molecule has 0 aliphatic heterocycles. The van der Waals surface area contributed by atoms with Crippen molar-refractivity contribution in [2.75, 3.05) is 5.75 Å². The molecule has 26 heavy (non-hydrogen) atoms. The van der Waals surface area contributed by atoms with Crippen LogP contribution in [-0.4, -0.2) is 44.5 Å². The number of benzene rings is 1. The van der Waals surface area contributed by atoms with E-state index >= 15 is 0 Å². The first-order valence-electron chi connectivity index (χ1n) is 7.67. The molecule has 3 N–H and O–H groups in total. The quantitative estimate of drug-likeness (QED) is 0.397. The van der Waals surface area contributed by atoms with Crippen molar-refractivity contribution in [3.63, 3.8) is 0 Å². The first-order valence-corrected chi connectivity index (χ1v) is 8.66. The van der Waals surface area contributed by atoms with E-state index in [-0.39, 0.29) is 11.4 Å². The first-order chi connectivity index (χ1) is 12.1. The van der Waals surface area contributed by atoms with Gasteiger partial charge >= 0.3 is 12.1 Å².